The lowest BCUT2D eigenvalue weighted by Crippen LogP contribution is -2.27. The van der Waals surface area contributed by atoms with Crippen LogP contribution in [-0.2, 0) is 11.2 Å². The third-order valence-corrected chi connectivity index (χ3v) is 4.94. The van der Waals surface area contributed by atoms with Crippen LogP contribution >= 0.6 is 11.6 Å². The summed E-state index contributed by atoms with van der Waals surface area (Å²) in [6.07, 6.45) is 6.97. The molecule has 0 spiro atoms. The molecule has 1 saturated carbocycles. The van der Waals surface area contributed by atoms with E-state index in [0.717, 1.165) is 21.8 Å². The molecule has 3 nitrogen and oxygen atoms in total. The van der Waals surface area contributed by atoms with Crippen LogP contribution in [0.1, 0.15) is 49.3 Å². The zero-order valence-electron chi connectivity index (χ0n) is 11.8. The Balaban J connectivity index is 1.91. The third kappa shape index (κ3) is 2.57. The molecule has 3 rings (SSSR count). The molecule has 1 heterocycles. The van der Waals surface area contributed by atoms with Crippen molar-refractivity contribution >= 4 is 23.2 Å². The van der Waals surface area contributed by atoms with E-state index in [9.17, 15) is 4.79 Å². The maximum Gasteiger partial charge on any atom is 0.228 e. The van der Waals surface area contributed by atoms with Gasteiger partial charge in [-0.1, -0.05) is 36.9 Å². The van der Waals surface area contributed by atoms with Crippen LogP contribution in [0.15, 0.2) is 12.1 Å². The Morgan fingerprint density at radius 1 is 1.30 bits per heavy atom. The second kappa shape index (κ2) is 5.74. The Morgan fingerprint density at radius 2 is 2.05 bits per heavy atom. The maximum atomic E-state index is 11.5. The molecule has 0 aromatic heterocycles. The van der Waals surface area contributed by atoms with E-state index in [4.69, 9.17) is 11.6 Å². The molecule has 1 fully saturated rings. The molecule has 1 unspecified atom stereocenters. The molecule has 2 aliphatic rings. The molecule has 1 aliphatic carbocycles. The van der Waals surface area contributed by atoms with Gasteiger partial charge in [-0.05, 0) is 43.0 Å². The van der Waals surface area contributed by atoms with Crippen LogP contribution in [0.2, 0.25) is 5.02 Å². The van der Waals surface area contributed by atoms with Gasteiger partial charge in [0, 0.05) is 16.8 Å². The monoisotopic (exact) mass is 292 g/mol. The van der Waals surface area contributed by atoms with Gasteiger partial charge in [-0.25, -0.2) is 0 Å². The molecule has 20 heavy (non-hydrogen) atoms. The standard InChI is InChI=1S/C16H21ClN2O/c1-18-16(10-5-3-2-4-6-10)12-7-11-8-15(20)19-14(11)9-13(12)17/h7,9-10,16,18H,2-6,8H2,1H3,(H,19,20). The molecule has 0 radical (unpaired) electrons. The van der Waals surface area contributed by atoms with Crippen LogP contribution in [-0.4, -0.2) is 13.0 Å². The van der Waals surface area contributed by atoms with Gasteiger partial charge >= 0.3 is 0 Å². The van der Waals surface area contributed by atoms with E-state index in [0.29, 0.717) is 18.4 Å². The molecule has 108 valence electrons. The number of nitrogens with one attached hydrogen (secondary N) is 2. The highest BCUT2D eigenvalue weighted by atomic mass is 35.5. The summed E-state index contributed by atoms with van der Waals surface area (Å²) in [5.74, 6) is 0.709. The molecular weight excluding hydrogens is 272 g/mol. The average Bonchev–Trinajstić information content (AvgIpc) is 2.80. The van der Waals surface area contributed by atoms with Gasteiger partial charge in [0.25, 0.3) is 0 Å². The molecule has 1 aliphatic heterocycles. The van der Waals surface area contributed by atoms with Gasteiger partial charge in [0.05, 0.1) is 6.42 Å². The number of halogens is 1. The van der Waals surface area contributed by atoms with Crippen molar-refractivity contribution in [1.82, 2.24) is 5.32 Å². The Bertz CT molecular complexity index is 523. The minimum absolute atomic E-state index is 0.0619. The zero-order chi connectivity index (χ0) is 14.1. The molecule has 2 N–H and O–H groups in total. The average molecular weight is 293 g/mol. The first-order valence-electron chi connectivity index (χ1n) is 7.48. The van der Waals surface area contributed by atoms with E-state index in [2.05, 4.69) is 16.7 Å². The minimum atomic E-state index is 0.0619. The molecule has 1 aromatic rings. The second-order valence-electron chi connectivity index (χ2n) is 5.92. The van der Waals surface area contributed by atoms with E-state index in [1.165, 1.54) is 32.1 Å². The summed E-state index contributed by atoms with van der Waals surface area (Å²) in [4.78, 5) is 11.5. The smallest absolute Gasteiger partial charge is 0.228 e. The third-order valence-electron chi connectivity index (χ3n) is 4.61. The van der Waals surface area contributed by atoms with Gasteiger partial charge in [-0.3, -0.25) is 4.79 Å². The van der Waals surface area contributed by atoms with Gasteiger partial charge < -0.3 is 10.6 Å². The van der Waals surface area contributed by atoms with Crippen molar-refractivity contribution in [2.45, 2.75) is 44.6 Å². The predicted molar refractivity (Wildman–Crippen MR) is 82.2 cm³/mol. The number of hydrogen-bond acceptors (Lipinski definition) is 2. The van der Waals surface area contributed by atoms with Crippen LogP contribution in [0, 0.1) is 5.92 Å². The highest BCUT2D eigenvalue weighted by Crippen LogP contribution is 2.39. The highest BCUT2D eigenvalue weighted by molar-refractivity contribution is 6.32. The summed E-state index contributed by atoms with van der Waals surface area (Å²) in [5.41, 5.74) is 3.10. The Labute approximate surface area is 125 Å². The Hall–Kier alpha value is -1.06. The molecular formula is C16H21ClN2O. The van der Waals surface area contributed by atoms with Crippen molar-refractivity contribution in [3.05, 3.63) is 28.3 Å². The lowest BCUT2D eigenvalue weighted by molar-refractivity contribution is -0.115. The van der Waals surface area contributed by atoms with Crippen molar-refractivity contribution in [3.8, 4) is 0 Å². The first-order chi connectivity index (χ1) is 9.69. The highest BCUT2D eigenvalue weighted by Gasteiger charge is 2.28. The van der Waals surface area contributed by atoms with Crippen LogP contribution < -0.4 is 10.6 Å². The summed E-state index contributed by atoms with van der Waals surface area (Å²) < 4.78 is 0. The number of rotatable bonds is 3. The van der Waals surface area contributed by atoms with Gasteiger partial charge in [0.15, 0.2) is 0 Å². The first-order valence-corrected chi connectivity index (χ1v) is 7.86. The lowest BCUT2D eigenvalue weighted by Gasteiger charge is -2.31. The van der Waals surface area contributed by atoms with Crippen LogP contribution in [0.4, 0.5) is 5.69 Å². The van der Waals surface area contributed by atoms with E-state index >= 15 is 0 Å². The van der Waals surface area contributed by atoms with E-state index in [1.807, 2.05) is 13.1 Å². The molecule has 0 saturated heterocycles. The van der Waals surface area contributed by atoms with Gasteiger partial charge in [0.1, 0.15) is 0 Å². The number of carbonyl (C=O) groups excluding carboxylic acids is 1. The van der Waals surface area contributed by atoms with Crippen LogP contribution in [0.25, 0.3) is 0 Å². The van der Waals surface area contributed by atoms with Crippen LogP contribution in [0.3, 0.4) is 0 Å². The summed E-state index contributed by atoms with van der Waals surface area (Å²) >= 11 is 6.46. The largest absolute Gasteiger partial charge is 0.325 e. The fraction of sp³-hybridized carbons (Fsp3) is 0.562. The summed E-state index contributed by atoms with van der Waals surface area (Å²) in [5, 5.41) is 7.06. The lowest BCUT2D eigenvalue weighted by atomic mass is 9.81. The number of amides is 1. The molecule has 1 aromatic carbocycles. The Kier molecular flexibility index (Phi) is 3.99. The van der Waals surface area contributed by atoms with Crippen molar-refractivity contribution in [3.63, 3.8) is 0 Å². The predicted octanol–water partition coefficient (Wildman–Crippen LogP) is 3.68. The summed E-state index contributed by atoms with van der Waals surface area (Å²) in [6, 6.07) is 4.32. The fourth-order valence-electron chi connectivity index (χ4n) is 3.62. The molecule has 0 bridgehead atoms. The van der Waals surface area contributed by atoms with E-state index in [-0.39, 0.29) is 5.91 Å². The number of benzene rings is 1. The van der Waals surface area contributed by atoms with E-state index in [1.54, 1.807) is 0 Å². The normalized spacial score (nSPS) is 20.6. The topological polar surface area (TPSA) is 41.1 Å². The summed E-state index contributed by atoms with van der Waals surface area (Å²) in [7, 11) is 2.01. The first kappa shape index (κ1) is 13.9. The van der Waals surface area contributed by atoms with Crippen molar-refractivity contribution < 1.29 is 4.79 Å². The summed E-state index contributed by atoms with van der Waals surface area (Å²) in [6.45, 7) is 0. The molecule has 1 amide bonds. The fourth-order valence-corrected chi connectivity index (χ4v) is 3.90. The van der Waals surface area contributed by atoms with Crippen LogP contribution in [0.5, 0.6) is 0 Å². The van der Waals surface area contributed by atoms with Gasteiger partial charge in [0.2, 0.25) is 5.91 Å². The van der Waals surface area contributed by atoms with Gasteiger partial charge in [-0.15, -0.1) is 0 Å². The second-order valence-corrected chi connectivity index (χ2v) is 6.33. The van der Waals surface area contributed by atoms with E-state index < -0.39 is 0 Å². The number of hydrogen-bond donors (Lipinski definition) is 2. The minimum Gasteiger partial charge on any atom is -0.325 e. The molecule has 1 atom stereocenters. The maximum absolute atomic E-state index is 11.5. The number of carbonyl (C=O) groups is 1. The van der Waals surface area contributed by atoms with Gasteiger partial charge in [-0.2, -0.15) is 0 Å². The zero-order valence-corrected chi connectivity index (χ0v) is 12.6. The van der Waals surface area contributed by atoms with Crippen molar-refractivity contribution in [2.24, 2.45) is 5.92 Å². The Morgan fingerprint density at radius 3 is 2.75 bits per heavy atom. The molecule has 4 heteroatoms. The quantitative estimate of drug-likeness (QED) is 0.892. The van der Waals surface area contributed by atoms with Crippen molar-refractivity contribution in [2.75, 3.05) is 12.4 Å². The van der Waals surface area contributed by atoms with Crippen molar-refractivity contribution in [1.29, 1.82) is 0 Å². The number of fused-ring (bicyclic) bond motifs is 1. The SMILES string of the molecule is CNC(c1cc2c(cc1Cl)NC(=O)C2)C1CCCCC1. The number of anilines is 1.